The van der Waals surface area contributed by atoms with Crippen molar-refractivity contribution in [3.63, 3.8) is 0 Å². The number of hydrogen-bond acceptors (Lipinski definition) is 6. The maximum Gasteiger partial charge on any atom is 0.253 e. The normalized spacial score (nSPS) is 12.8. The number of nitrogens with one attached hydrogen (secondary N) is 1. The number of aromatic nitrogens is 6. The number of nitrogens with zero attached hydrogens (tertiary/aromatic N) is 6. The Labute approximate surface area is 222 Å². The molecule has 38 heavy (non-hydrogen) atoms. The van der Waals surface area contributed by atoms with Crippen LogP contribution in [0.25, 0.3) is 10.9 Å². The van der Waals surface area contributed by atoms with Crippen molar-refractivity contribution >= 4 is 10.9 Å². The second-order valence-corrected chi connectivity index (χ2v) is 10.6. The molecule has 1 N–H and O–H groups in total. The Balaban J connectivity index is 1.73. The molecule has 0 saturated carbocycles. The monoisotopic (exact) mass is 507 g/mol. The molecule has 0 bridgehead atoms. The fraction of sp³-hybridized carbons (Fsp3) is 0.300. The largest absolute Gasteiger partial charge is 0.322 e. The number of pyridine rings is 2. The molecule has 3 aromatic heterocycles. The van der Waals surface area contributed by atoms with Crippen molar-refractivity contribution in [2.45, 2.75) is 58.8 Å². The van der Waals surface area contributed by atoms with Gasteiger partial charge >= 0.3 is 0 Å². The summed E-state index contributed by atoms with van der Waals surface area (Å²) in [5.74, 6) is 0.619. The summed E-state index contributed by atoms with van der Waals surface area (Å²) in [6.45, 7) is 9.45. The lowest BCUT2D eigenvalue weighted by molar-refractivity contribution is 0.184. The van der Waals surface area contributed by atoms with Gasteiger partial charge in [-0.05, 0) is 84.0 Å². The minimum atomic E-state index is -0.511. The van der Waals surface area contributed by atoms with Crippen LogP contribution in [0.15, 0.2) is 83.9 Å². The first kappa shape index (κ1) is 25.5. The van der Waals surface area contributed by atoms with Crippen LogP contribution in [0.1, 0.15) is 61.8 Å². The van der Waals surface area contributed by atoms with Crippen molar-refractivity contribution < 1.29 is 0 Å². The third-order valence-electron chi connectivity index (χ3n) is 6.72. The highest BCUT2D eigenvalue weighted by molar-refractivity contribution is 5.80. The van der Waals surface area contributed by atoms with Crippen molar-refractivity contribution in [2.24, 2.45) is 0 Å². The third kappa shape index (κ3) is 5.40. The maximum absolute atomic E-state index is 13.7. The van der Waals surface area contributed by atoms with Gasteiger partial charge in [0.1, 0.15) is 6.04 Å². The van der Waals surface area contributed by atoms with Gasteiger partial charge in [0.2, 0.25) is 0 Å². The number of rotatable bonds is 8. The third-order valence-corrected chi connectivity index (χ3v) is 6.72. The first-order valence-corrected chi connectivity index (χ1v) is 12.9. The van der Waals surface area contributed by atoms with Gasteiger partial charge in [0.15, 0.2) is 5.82 Å². The van der Waals surface area contributed by atoms with Crippen LogP contribution in [0.2, 0.25) is 0 Å². The van der Waals surface area contributed by atoms with Gasteiger partial charge in [-0.25, -0.2) is 4.68 Å². The van der Waals surface area contributed by atoms with E-state index in [4.69, 9.17) is 0 Å². The van der Waals surface area contributed by atoms with Crippen LogP contribution in [-0.2, 0) is 25.0 Å². The van der Waals surface area contributed by atoms with Crippen molar-refractivity contribution in [2.75, 3.05) is 0 Å². The molecular formula is C30H33N7O. The van der Waals surface area contributed by atoms with E-state index >= 15 is 0 Å². The second-order valence-electron chi connectivity index (χ2n) is 10.6. The number of benzene rings is 2. The van der Waals surface area contributed by atoms with Gasteiger partial charge in [-0.15, -0.1) is 5.10 Å². The fourth-order valence-corrected chi connectivity index (χ4v) is 4.82. The van der Waals surface area contributed by atoms with E-state index in [1.165, 1.54) is 5.56 Å². The summed E-state index contributed by atoms with van der Waals surface area (Å²) < 4.78 is 1.82. The van der Waals surface area contributed by atoms with Gasteiger partial charge in [0.05, 0.1) is 5.54 Å². The van der Waals surface area contributed by atoms with E-state index < -0.39 is 6.04 Å². The van der Waals surface area contributed by atoms with Crippen LogP contribution in [0.3, 0.4) is 0 Å². The molecule has 1 atom stereocenters. The van der Waals surface area contributed by atoms with E-state index in [0.29, 0.717) is 24.5 Å². The SMILES string of the molecule is CCc1ccc2[nH]c(=O)c([C@@H](c3nnnn3C(C)(C)C)N(Cc3ccccc3)Cc3cccnc3)cc2c1. The van der Waals surface area contributed by atoms with E-state index in [1.807, 2.05) is 53.3 Å². The quantitative estimate of drug-likeness (QED) is 0.317. The van der Waals surface area contributed by atoms with E-state index in [9.17, 15) is 4.79 Å². The minimum absolute atomic E-state index is 0.153. The Morgan fingerprint density at radius 3 is 2.42 bits per heavy atom. The minimum Gasteiger partial charge on any atom is -0.322 e. The van der Waals surface area contributed by atoms with Crippen molar-refractivity contribution in [1.29, 1.82) is 0 Å². The lowest BCUT2D eigenvalue weighted by atomic mass is 9.99. The Morgan fingerprint density at radius 2 is 1.71 bits per heavy atom. The second kappa shape index (κ2) is 10.7. The van der Waals surface area contributed by atoms with Crippen LogP contribution >= 0.6 is 0 Å². The van der Waals surface area contributed by atoms with Crippen LogP contribution in [0.4, 0.5) is 0 Å². The van der Waals surface area contributed by atoms with E-state index in [-0.39, 0.29) is 11.1 Å². The molecule has 0 radical (unpaired) electrons. The van der Waals surface area contributed by atoms with Crippen LogP contribution < -0.4 is 5.56 Å². The molecule has 5 rings (SSSR count). The molecule has 0 saturated heterocycles. The van der Waals surface area contributed by atoms with Crippen LogP contribution in [-0.4, -0.2) is 35.1 Å². The number of tetrazole rings is 1. The molecule has 0 fully saturated rings. The summed E-state index contributed by atoms with van der Waals surface area (Å²) in [7, 11) is 0. The maximum atomic E-state index is 13.7. The molecule has 3 heterocycles. The Kier molecular flexibility index (Phi) is 7.15. The Bertz CT molecular complexity index is 1530. The first-order valence-electron chi connectivity index (χ1n) is 12.9. The molecule has 8 heteroatoms. The molecule has 0 aliphatic rings. The summed E-state index contributed by atoms with van der Waals surface area (Å²) in [5, 5.41) is 13.9. The lowest BCUT2D eigenvalue weighted by Crippen LogP contribution is -2.37. The van der Waals surface area contributed by atoms with Crippen molar-refractivity contribution in [1.82, 2.24) is 35.1 Å². The van der Waals surface area contributed by atoms with Gasteiger partial charge < -0.3 is 4.98 Å². The number of fused-ring (bicyclic) bond motifs is 1. The standard InChI is InChI=1S/C30H33N7O/c1-5-21-13-14-26-24(16-21)17-25(29(38)32-26)27(28-33-34-35-37(28)30(2,3)4)36(19-22-10-7-6-8-11-22)20-23-12-9-15-31-18-23/h6-18,27H,5,19-20H2,1-4H3,(H,32,38)/t27-/m0/s1. The summed E-state index contributed by atoms with van der Waals surface area (Å²) in [6.07, 6.45) is 4.54. The summed E-state index contributed by atoms with van der Waals surface area (Å²) in [6, 6.07) is 21.9. The zero-order valence-corrected chi connectivity index (χ0v) is 22.3. The highest BCUT2D eigenvalue weighted by Crippen LogP contribution is 2.32. The fourth-order valence-electron chi connectivity index (χ4n) is 4.82. The highest BCUT2D eigenvalue weighted by Gasteiger charge is 2.33. The lowest BCUT2D eigenvalue weighted by Gasteiger charge is -2.33. The summed E-state index contributed by atoms with van der Waals surface area (Å²) in [5.41, 5.74) is 4.25. The van der Waals surface area contributed by atoms with E-state index in [0.717, 1.165) is 28.5 Å². The zero-order chi connectivity index (χ0) is 26.7. The van der Waals surface area contributed by atoms with Crippen molar-refractivity contribution in [3.8, 4) is 0 Å². The molecule has 8 nitrogen and oxygen atoms in total. The topological polar surface area (TPSA) is 92.6 Å². The molecule has 2 aromatic carbocycles. The highest BCUT2D eigenvalue weighted by atomic mass is 16.1. The summed E-state index contributed by atoms with van der Waals surface area (Å²) >= 11 is 0. The Hall–Kier alpha value is -4.17. The molecule has 0 spiro atoms. The molecule has 194 valence electrons. The molecule has 0 aliphatic heterocycles. The number of aromatic amines is 1. The van der Waals surface area contributed by atoms with Gasteiger partial charge in [0.25, 0.3) is 5.56 Å². The molecule has 0 aliphatic carbocycles. The molecule has 0 unspecified atom stereocenters. The smallest absolute Gasteiger partial charge is 0.253 e. The predicted molar refractivity (Wildman–Crippen MR) is 149 cm³/mol. The van der Waals surface area contributed by atoms with E-state index in [1.54, 1.807) is 6.20 Å². The van der Waals surface area contributed by atoms with Gasteiger partial charge in [-0.2, -0.15) is 0 Å². The van der Waals surface area contributed by atoms with Gasteiger partial charge in [-0.3, -0.25) is 14.7 Å². The van der Waals surface area contributed by atoms with Crippen LogP contribution in [0, 0.1) is 0 Å². The number of H-pyrrole nitrogens is 1. The summed E-state index contributed by atoms with van der Waals surface area (Å²) in [4.78, 5) is 23.4. The number of aryl methyl sites for hydroxylation is 1. The van der Waals surface area contributed by atoms with Gasteiger partial charge in [-0.1, -0.05) is 49.4 Å². The van der Waals surface area contributed by atoms with Crippen LogP contribution in [0.5, 0.6) is 0 Å². The average molecular weight is 508 g/mol. The molecule has 5 aromatic rings. The molecule has 0 amide bonds. The zero-order valence-electron chi connectivity index (χ0n) is 22.3. The van der Waals surface area contributed by atoms with Gasteiger partial charge in [0, 0.05) is 36.6 Å². The number of hydrogen-bond donors (Lipinski definition) is 1. The Morgan fingerprint density at radius 1 is 0.947 bits per heavy atom. The average Bonchev–Trinajstić information content (AvgIpc) is 3.40. The predicted octanol–water partition coefficient (Wildman–Crippen LogP) is 5.02. The molecular weight excluding hydrogens is 474 g/mol. The van der Waals surface area contributed by atoms with E-state index in [2.05, 4.69) is 82.4 Å². The van der Waals surface area contributed by atoms with Crippen molar-refractivity contribution in [3.05, 3.63) is 118 Å². The first-order chi connectivity index (χ1) is 18.3.